The lowest BCUT2D eigenvalue weighted by Gasteiger charge is -2.26. The average molecular weight is 340 g/mol. The van der Waals surface area contributed by atoms with Crippen molar-refractivity contribution >= 4 is 15.9 Å². The van der Waals surface area contributed by atoms with Crippen LogP contribution in [0, 0.1) is 0 Å². The van der Waals surface area contributed by atoms with Crippen molar-refractivity contribution in [1.82, 2.24) is 9.62 Å². The van der Waals surface area contributed by atoms with Gasteiger partial charge >= 0.3 is 0 Å². The number of hydrogen-bond acceptors (Lipinski definition) is 4. The maximum atomic E-state index is 12.7. The SMILES string of the molecule is CCCNC(=O)c1cc(S(=O)(=O)N2CCCCC2)ccc1OC. The minimum Gasteiger partial charge on any atom is -0.496 e. The largest absolute Gasteiger partial charge is 0.496 e. The van der Waals surface area contributed by atoms with Gasteiger partial charge < -0.3 is 10.1 Å². The first kappa shape index (κ1) is 17.7. The number of carbonyl (C=O) groups is 1. The minimum absolute atomic E-state index is 0.141. The molecule has 1 saturated heterocycles. The Morgan fingerprint density at radius 2 is 1.96 bits per heavy atom. The maximum absolute atomic E-state index is 12.7. The van der Waals surface area contributed by atoms with Gasteiger partial charge in [-0.05, 0) is 37.5 Å². The van der Waals surface area contributed by atoms with E-state index in [0.29, 0.717) is 25.4 Å². The zero-order valence-electron chi connectivity index (χ0n) is 13.7. The van der Waals surface area contributed by atoms with Crippen molar-refractivity contribution in [2.24, 2.45) is 0 Å². The summed E-state index contributed by atoms with van der Waals surface area (Å²) < 4.78 is 32.1. The fraction of sp³-hybridized carbons (Fsp3) is 0.562. The fourth-order valence-corrected chi connectivity index (χ4v) is 4.16. The molecule has 0 spiro atoms. The third-order valence-electron chi connectivity index (χ3n) is 3.90. The summed E-state index contributed by atoms with van der Waals surface area (Å²) >= 11 is 0. The topological polar surface area (TPSA) is 75.7 Å². The Bertz CT molecular complexity index is 652. The molecule has 2 rings (SSSR count). The number of carbonyl (C=O) groups excluding carboxylic acids is 1. The van der Waals surface area contributed by atoms with E-state index in [0.717, 1.165) is 25.7 Å². The van der Waals surface area contributed by atoms with Crippen molar-refractivity contribution in [2.45, 2.75) is 37.5 Å². The average Bonchev–Trinajstić information content (AvgIpc) is 2.59. The molecule has 0 bridgehead atoms. The third-order valence-corrected chi connectivity index (χ3v) is 5.80. The number of hydrogen-bond donors (Lipinski definition) is 1. The number of benzene rings is 1. The Labute approximate surface area is 137 Å². The van der Waals surface area contributed by atoms with Crippen molar-refractivity contribution in [2.75, 3.05) is 26.7 Å². The highest BCUT2D eigenvalue weighted by Crippen LogP contribution is 2.26. The molecule has 6 nitrogen and oxygen atoms in total. The quantitative estimate of drug-likeness (QED) is 0.859. The van der Waals surface area contributed by atoms with Crippen LogP contribution in [0.4, 0.5) is 0 Å². The van der Waals surface area contributed by atoms with E-state index in [1.165, 1.54) is 29.6 Å². The van der Waals surface area contributed by atoms with Crippen LogP contribution >= 0.6 is 0 Å². The molecule has 0 saturated carbocycles. The van der Waals surface area contributed by atoms with Crippen LogP contribution in [0.25, 0.3) is 0 Å². The van der Waals surface area contributed by atoms with Crippen molar-refractivity contribution in [3.05, 3.63) is 23.8 Å². The first-order valence-electron chi connectivity index (χ1n) is 7.97. The number of ether oxygens (including phenoxy) is 1. The lowest BCUT2D eigenvalue weighted by atomic mass is 10.2. The molecular formula is C16H24N2O4S. The summed E-state index contributed by atoms with van der Waals surface area (Å²) in [5.74, 6) is 0.0515. The van der Waals surface area contributed by atoms with Crippen LogP contribution in [0.3, 0.4) is 0 Å². The molecule has 1 aromatic carbocycles. The summed E-state index contributed by atoms with van der Waals surface area (Å²) in [5, 5.41) is 2.75. The zero-order valence-corrected chi connectivity index (χ0v) is 14.5. The Hall–Kier alpha value is -1.60. The molecule has 1 aliphatic heterocycles. The smallest absolute Gasteiger partial charge is 0.255 e. The van der Waals surface area contributed by atoms with Gasteiger partial charge in [0, 0.05) is 19.6 Å². The molecule has 1 fully saturated rings. The fourth-order valence-electron chi connectivity index (χ4n) is 2.61. The molecule has 7 heteroatoms. The summed E-state index contributed by atoms with van der Waals surface area (Å²) in [5.41, 5.74) is 0.249. The number of nitrogens with one attached hydrogen (secondary N) is 1. The van der Waals surface area contributed by atoms with E-state index in [2.05, 4.69) is 5.32 Å². The van der Waals surface area contributed by atoms with Crippen LogP contribution in [0.1, 0.15) is 43.0 Å². The van der Waals surface area contributed by atoms with Gasteiger partial charge in [-0.2, -0.15) is 4.31 Å². The van der Waals surface area contributed by atoms with Crippen LogP contribution in [0.2, 0.25) is 0 Å². The van der Waals surface area contributed by atoms with Gasteiger partial charge in [0.1, 0.15) is 5.75 Å². The van der Waals surface area contributed by atoms with Gasteiger partial charge in [0.05, 0.1) is 17.6 Å². The van der Waals surface area contributed by atoms with Gasteiger partial charge in [-0.1, -0.05) is 13.3 Å². The van der Waals surface area contributed by atoms with Crippen molar-refractivity contribution in [3.63, 3.8) is 0 Å². The second-order valence-electron chi connectivity index (χ2n) is 5.58. The molecule has 0 aliphatic carbocycles. The van der Waals surface area contributed by atoms with Crippen molar-refractivity contribution in [3.8, 4) is 5.75 Å². The second-order valence-corrected chi connectivity index (χ2v) is 7.52. The van der Waals surface area contributed by atoms with Crippen LogP contribution in [-0.2, 0) is 10.0 Å². The highest BCUT2D eigenvalue weighted by molar-refractivity contribution is 7.89. The first-order chi connectivity index (χ1) is 11.0. The molecule has 1 aromatic rings. The molecule has 0 atom stereocenters. The Morgan fingerprint density at radius 3 is 2.57 bits per heavy atom. The van der Waals surface area contributed by atoms with Gasteiger partial charge in [-0.3, -0.25) is 4.79 Å². The van der Waals surface area contributed by atoms with Gasteiger partial charge in [0.25, 0.3) is 5.91 Å². The first-order valence-corrected chi connectivity index (χ1v) is 9.41. The Kier molecular flexibility index (Phi) is 6.01. The van der Waals surface area contributed by atoms with Crippen LogP contribution < -0.4 is 10.1 Å². The molecular weight excluding hydrogens is 316 g/mol. The van der Waals surface area contributed by atoms with Gasteiger partial charge in [0.2, 0.25) is 10.0 Å². The summed E-state index contributed by atoms with van der Waals surface area (Å²) in [6.07, 6.45) is 3.61. The normalized spacial score (nSPS) is 16.1. The molecule has 0 unspecified atom stereocenters. The maximum Gasteiger partial charge on any atom is 0.255 e. The summed E-state index contributed by atoms with van der Waals surface area (Å²) in [4.78, 5) is 12.4. The monoisotopic (exact) mass is 340 g/mol. The zero-order chi connectivity index (χ0) is 16.9. The lowest BCUT2D eigenvalue weighted by Crippen LogP contribution is -2.35. The van der Waals surface area contributed by atoms with E-state index in [9.17, 15) is 13.2 Å². The minimum atomic E-state index is -3.57. The third kappa shape index (κ3) is 4.03. The van der Waals surface area contributed by atoms with E-state index in [4.69, 9.17) is 4.74 Å². The molecule has 0 radical (unpaired) electrons. The van der Waals surface area contributed by atoms with E-state index in [1.54, 1.807) is 0 Å². The summed E-state index contributed by atoms with van der Waals surface area (Å²) in [6.45, 7) is 3.55. The Balaban J connectivity index is 2.34. The predicted octanol–water partition coefficient (Wildman–Crippen LogP) is 2.01. The number of nitrogens with zero attached hydrogens (tertiary/aromatic N) is 1. The number of amides is 1. The molecule has 23 heavy (non-hydrogen) atoms. The number of piperidine rings is 1. The molecule has 1 heterocycles. The van der Waals surface area contributed by atoms with E-state index < -0.39 is 10.0 Å². The second kappa shape index (κ2) is 7.79. The highest BCUT2D eigenvalue weighted by atomic mass is 32.2. The number of sulfonamides is 1. The number of rotatable bonds is 6. The predicted molar refractivity (Wildman–Crippen MR) is 88.2 cm³/mol. The van der Waals surface area contributed by atoms with Crippen LogP contribution in [0.15, 0.2) is 23.1 Å². The van der Waals surface area contributed by atoms with Crippen LogP contribution in [-0.4, -0.2) is 45.4 Å². The Morgan fingerprint density at radius 1 is 1.26 bits per heavy atom. The summed E-state index contributed by atoms with van der Waals surface area (Å²) in [6, 6.07) is 4.45. The molecule has 1 amide bonds. The van der Waals surface area contributed by atoms with E-state index >= 15 is 0 Å². The molecule has 1 N–H and O–H groups in total. The van der Waals surface area contributed by atoms with E-state index in [-0.39, 0.29) is 16.4 Å². The van der Waals surface area contributed by atoms with Crippen molar-refractivity contribution < 1.29 is 17.9 Å². The molecule has 128 valence electrons. The van der Waals surface area contributed by atoms with Crippen molar-refractivity contribution in [1.29, 1.82) is 0 Å². The van der Waals surface area contributed by atoms with E-state index in [1.807, 2.05) is 6.92 Å². The standard InChI is InChI=1S/C16H24N2O4S/c1-3-9-17-16(19)14-12-13(7-8-15(14)22-2)23(20,21)18-10-5-4-6-11-18/h7-8,12H,3-6,9-11H2,1-2H3,(H,17,19). The van der Waals surface area contributed by atoms with Gasteiger partial charge in [0.15, 0.2) is 0 Å². The van der Waals surface area contributed by atoms with Crippen LogP contribution in [0.5, 0.6) is 5.75 Å². The molecule has 0 aromatic heterocycles. The highest BCUT2D eigenvalue weighted by Gasteiger charge is 2.27. The van der Waals surface area contributed by atoms with Gasteiger partial charge in [-0.25, -0.2) is 8.42 Å². The molecule has 1 aliphatic rings. The lowest BCUT2D eigenvalue weighted by molar-refractivity contribution is 0.0950. The van der Waals surface area contributed by atoms with Gasteiger partial charge in [-0.15, -0.1) is 0 Å². The summed E-state index contributed by atoms with van der Waals surface area (Å²) in [7, 11) is -2.10. The number of methoxy groups -OCH3 is 1.